The van der Waals surface area contributed by atoms with E-state index in [1.807, 2.05) is 25.1 Å². The standard InChI is InChI=1S/C24H26N4O5/c1-3-17-21(24(31)32-4-2)22(26-19-10-6-5-9-18(19)25-17)27-23(30)15-12-20(29)28(13-15)14-16-8-7-11-33-16/h5-11,15,25H,3-4,12-14H2,1-2H3,(H,26,27,30). The Hall–Kier alpha value is -3.88. The van der Waals surface area contributed by atoms with Crippen LogP contribution in [0.15, 0.2) is 63.3 Å². The van der Waals surface area contributed by atoms with Gasteiger partial charge in [-0.15, -0.1) is 0 Å². The highest BCUT2D eigenvalue weighted by molar-refractivity contribution is 6.24. The maximum atomic E-state index is 13.2. The molecular formula is C24H26N4O5. The van der Waals surface area contributed by atoms with E-state index in [-0.39, 0.29) is 42.8 Å². The molecule has 0 bridgehead atoms. The zero-order valence-electron chi connectivity index (χ0n) is 18.6. The first-order valence-corrected chi connectivity index (χ1v) is 11.0. The number of hydrogen-bond donors (Lipinski definition) is 2. The van der Waals surface area contributed by atoms with Crippen molar-refractivity contribution < 1.29 is 23.5 Å². The van der Waals surface area contributed by atoms with Crippen molar-refractivity contribution in [1.29, 1.82) is 0 Å². The fourth-order valence-corrected chi connectivity index (χ4v) is 3.91. The van der Waals surface area contributed by atoms with Gasteiger partial charge in [-0.2, -0.15) is 0 Å². The number of fused-ring (bicyclic) bond motifs is 1. The average Bonchev–Trinajstić information content (AvgIpc) is 3.40. The van der Waals surface area contributed by atoms with Crippen molar-refractivity contribution in [3.63, 3.8) is 0 Å². The van der Waals surface area contributed by atoms with Gasteiger partial charge in [-0.25, -0.2) is 9.79 Å². The number of aliphatic imine (C=N–C) groups is 1. The second-order valence-corrected chi connectivity index (χ2v) is 7.77. The minimum absolute atomic E-state index is 0.0771. The molecular weight excluding hydrogens is 424 g/mol. The van der Waals surface area contributed by atoms with Gasteiger partial charge in [-0.05, 0) is 37.6 Å². The van der Waals surface area contributed by atoms with Crippen LogP contribution in [0.3, 0.4) is 0 Å². The lowest BCUT2D eigenvalue weighted by Crippen LogP contribution is -2.40. The van der Waals surface area contributed by atoms with Crippen LogP contribution in [0.25, 0.3) is 0 Å². The van der Waals surface area contributed by atoms with Crippen LogP contribution in [0.2, 0.25) is 0 Å². The van der Waals surface area contributed by atoms with Gasteiger partial charge >= 0.3 is 5.97 Å². The van der Waals surface area contributed by atoms with Gasteiger partial charge in [0.05, 0.1) is 36.7 Å². The summed E-state index contributed by atoms with van der Waals surface area (Å²) in [6.07, 6.45) is 2.12. The summed E-state index contributed by atoms with van der Waals surface area (Å²) in [5, 5.41) is 6.06. The minimum atomic E-state index is -0.574. The molecule has 0 aliphatic carbocycles. The molecule has 1 aromatic heterocycles. The van der Waals surface area contributed by atoms with Gasteiger partial charge in [0, 0.05) is 18.7 Å². The Bertz CT molecular complexity index is 1120. The van der Waals surface area contributed by atoms with Crippen molar-refractivity contribution in [3.05, 3.63) is 59.7 Å². The molecule has 1 saturated heterocycles. The molecule has 1 atom stereocenters. The number of carbonyl (C=O) groups is 3. The zero-order valence-corrected chi connectivity index (χ0v) is 18.6. The zero-order chi connectivity index (χ0) is 23.4. The number of furan rings is 1. The molecule has 0 radical (unpaired) electrons. The molecule has 9 heteroatoms. The smallest absolute Gasteiger partial charge is 0.343 e. The first-order valence-electron chi connectivity index (χ1n) is 11.0. The van der Waals surface area contributed by atoms with Gasteiger partial charge in [-0.3, -0.25) is 9.59 Å². The van der Waals surface area contributed by atoms with Crippen LogP contribution >= 0.6 is 0 Å². The summed E-state index contributed by atoms with van der Waals surface area (Å²) in [7, 11) is 0. The predicted molar refractivity (Wildman–Crippen MR) is 121 cm³/mol. The maximum absolute atomic E-state index is 13.2. The molecule has 9 nitrogen and oxygen atoms in total. The van der Waals surface area contributed by atoms with E-state index in [1.54, 1.807) is 36.3 Å². The summed E-state index contributed by atoms with van der Waals surface area (Å²) in [6, 6.07) is 10.9. The summed E-state index contributed by atoms with van der Waals surface area (Å²) in [5.41, 5.74) is 2.08. The van der Waals surface area contributed by atoms with E-state index < -0.39 is 11.9 Å². The first-order chi connectivity index (χ1) is 16.0. The van der Waals surface area contributed by atoms with E-state index in [1.165, 1.54) is 0 Å². The molecule has 1 unspecified atom stereocenters. The number of ether oxygens (including phenoxy) is 1. The van der Waals surface area contributed by atoms with Crippen molar-refractivity contribution in [2.45, 2.75) is 33.2 Å². The van der Waals surface area contributed by atoms with Crippen LogP contribution in [-0.4, -0.2) is 41.7 Å². The van der Waals surface area contributed by atoms with E-state index >= 15 is 0 Å². The van der Waals surface area contributed by atoms with E-state index in [4.69, 9.17) is 9.15 Å². The van der Waals surface area contributed by atoms with Crippen LogP contribution < -0.4 is 10.6 Å². The third-order valence-electron chi connectivity index (χ3n) is 5.55. The van der Waals surface area contributed by atoms with Crippen molar-refractivity contribution in [3.8, 4) is 0 Å². The Kier molecular flexibility index (Phi) is 6.58. The number of benzene rings is 1. The Morgan fingerprint density at radius 1 is 1.24 bits per heavy atom. The van der Waals surface area contributed by atoms with E-state index in [9.17, 15) is 14.4 Å². The van der Waals surface area contributed by atoms with Crippen molar-refractivity contribution >= 4 is 35.0 Å². The molecule has 172 valence electrons. The Balaban J connectivity index is 1.59. The molecule has 0 saturated carbocycles. The molecule has 2 aromatic rings. The highest BCUT2D eigenvalue weighted by Gasteiger charge is 2.36. The summed E-state index contributed by atoms with van der Waals surface area (Å²) in [6.45, 7) is 4.37. The Labute approximate surface area is 191 Å². The van der Waals surface area contributed by atoms with Gasteiger partial charge in [-0.1, -0.05) is 19.1 Å². The number of nitrogens with zero attached hydrogens (tertiary/aromatic N) is 2. The third kappa shape index (κ3) is 4.82. The van der Waals surface area contributed by atoms with E-state index in [0.717, 1.165) is 5.69 Å². The van der Waals surface area contributed by atoms with Gasteiger partial charge in [0.15, 0.2) is 0 Å². The molecule has 4 rings (SSSR count). The number of likely N-dealkylation sites (tertiary alicyclic amines) is 1. The number of anilines is 1. The summed E-state index contributed by atoms with van der Waals surface area (Å²) in [4.78, 5) is 44.6. The third-order valence-corrected chi connectivity index (χ3v) is 5.55. The topological polar surface area (TPSA) is 113 Å². The number of para-hydroxylation sites is 2. The molecule has 0 spiro atoms. The number of amidine groups is 1. The molecule has 1 aromatic carbocycles. The lowest BCUT2D eigenvalue weighted by Gasteiger charge is -2.17. The molecule has 33 heavy (non-hydrogen) atoms. The van der Waals surface area contributed by atoms with Crippen LogP contribution in [0.4, 0.5) is 11.4 Å². The summed E-state index contributed by atoms with van der Waals surface area (Å²) < 4.78 is 10.6. The molecule has 2 aliphatic rings. The number of carbonyl (C=O) groups excluding carboxylic acids is 3. The number of rotatable bonds is 6. The molecule has 2 amide bonds. The number of esters is 1. The van der Waals surface area contributed by atoms with Crippen LogP contribution in [0, 0.1) is 5.92 Å². The highest BCUT2D eigenvalue weighted by Crippen LogP contribution is 2.31. The normalized spacial score (nSPS) is 17.8. The predicted octanol–water partition coefficient (Wildman–Crippen LogP) is 3.13. The number of hydrogen-bond acceptors (Lipinski definition) is 7. The van der Waals surface area contributed by atoms with Gasteiger partial charge < -0.3 is 24.7 Å². The average molecular weight is 450 g/mol. The van der Waals surface area contributed by atoms with Crippen LogP contribution in [0.5, 0.6) is 0 Å². The lowest BCUT2D eigenvalue weighted by atomic mass is 10.1. The molecule has 2 aliphatic heterocycles. The monoisotopic (exact) mass is 450 g/mol. The summed E-state index contributed by atoms with van der Waals surface area (Å²) in [5.74, 6) is -0.881. The fraction of sp³-hybridized carbons (Fsp3) is 0.333. The van der Waals surface area contributed by atoms with Crippen molar-refractivity contribution in [1.82, 2.24) is 10.2 Å². The van der Waals surface area contributed by atoms with E-state index in [2.05, 4.69) is 15.6 Å². The first kappa shape index (κ1) is 22.3. The number of nitrogens with one attached hydrogen (secondary N) is 2. The number of amides is 2. The second kappa shape index (κ2) is 9.72. The molecule has 1 fully saturated rings. The maximum Gasteiger partial charge on any atom is 0.343 e. The SMILES string of the molecule is CCOC(=O)C1=C(CC)Nc2ccccc2N=C1NC(=O)C1CC(=O)N(Cc2ccco2)C1. The van der Waals surface area contributed by atoms with Gasteiger partial charge in [0.2, 0.25) is 11.8 Å². The fourth-order valence-electron chi connectivity index (χ4n) is 3.91. The Morgan fingerprint density at radius 2 is 2.06 bits per heavy atom. The highest BCUT2D eigenvalue weighted by atomic mass is 16.5. The molecule has 3 heterocycles. The van der Waals surface area contributed by atoms with Crippen molar-refractivity contribution in [2.24, 2.45) is 10.9 Å². The van der Waals surface area contributed by atoms with Crippen LogP contribution in [0.1, 0.15) is 32.4 Å². The minimum Gasteiger partial charge on any atom is -0.467 e. The van der Waals surface area contributed by atoms with Gasteiger partial charge in [0.1, 0.15) is 17.2 Å². The summed E-state index contributed by atoms with van der Waals surface area (Å²) >= 11 is 0. The van der Waals surface area contributed by atoms with E-state index in [0.29, 0.717) is 30.1 Å². The van der Waals surface area contributed by atoms with Crippen molar-refractivity contribution in [2.75, 3.05) is 18.5 Å². The quantitative estimate of drug-likeness (QED) is 0.654. The molecule has 2 N–H and O–H groups in total. The number of allylic oxidation sites excluding steroid dienone is 1. The van der Waals surface area contributed by atoms with Crippen LogP contribution in [-0.2, 0) is 25.7 Å². The second-order valence-electron chi connectivity index (χ2n) is 7.77. The largest absolute Gasteiger partial charge is 0.467 e. The Morgan fingerprint density at radius 3 is 2.79 bits per heavy atom. The lowest BCUT2D eigenvalue weighted by molar-refractivity contribution is -0.138. The van der Waals surface area contributed by atoms with Gasteiger partial charge in [0.25, 0.3) is 0 Å².